The number of carbonyl (C=O) groups excluding carboxylic acids is 2. The van der Waals surface area contributed by atoms with Gasteiger partial charge in [0.2, 0.25) is 0 Å². The molecule has 0 bridgehead atoms. The summed E-state index contributed by atoms with van der Waals surface area (Å²) >= 11 is 0. The van der Waals surface area contributed by atoms with Crippen LogP contribution in [0.25, 0.3) is 0 Å². The summed E-state index contributed by atoms with van der Waals surface area (Å²) in [4.78, 5) is 34.5. The predicted octanol–water partition coefficient (Wildman–Crippen LogP) is 1.90. The fourth-order valence-corrected chi connectivity index (χ4v) is 2.39. The molecule has 1 saturated heterocycles. The number of hydrogen-bond donors (Lipinski definition) is 1. The van der Waals surface area contributed by atoms with Gasteiger partial charge in [0.1, 0.15) is 0 Å². The van der Waals surface area contributed by atoms with Gasteiger partial charge in [-0.05, 0) is 25.8 Å². The number of esters is 1. The number of non-ortho nitro benzene ring substituents is 1. The summed E-state index contributed by atoms with van der Waals surface area (Å²) in [6, 6.07) is 3.57. The van der Waals surface area contributed by atoms with Crippen LogP contribution < -0.4 is 5.43 Å². The largest absolute Gasteiger partial charge is 0.462 e. The van der Waals surface area contributed by atoms with Gasteiger partial charge in [0.05, 0.1) is 17.1 Å². The predicted molar refractivity (Wildman–Crippen MR) is 81.9 cm³/mol. The molecule has 0 atom stereocenters. The number of ether oxygens (including phenoxy) is 1. The normalized spacial score (nSPS) is 15.0. The van der Waals surface area contributed by atoms with Crippen molar-refractivity contribution in [1.82, 2.24) is 10.4 Å². The van der Waals surface area contributed by atoms with E-state index in [1.807, 2.05) is 0 Å². The van der Waals surface area contributed by atoms with Gasteiger partial charge < -0.3 is 4.74 Å². The highest BCUT2D eigenvalue weighted by atomic mass is 16.6. The van der Waals surface area contributed by atoms with Crippen molar-refractivity contribution in [2.45, 2.75) is 26.2 Å². The van der Waals surface area contributed by atoms with Crippen molar-refractivity contribution in [3.05, 3.63) is 39.4 Å². The lowest BCUT2D eigenvalue weighted by Crippen LogP contribution is -2.45. The first-order valence-corrected chi connectivity index (χ1v) is 7.54. The molecule has 2 rings (SSSR count). The van der Waals surface area contributed by atoms with E-state index in [1.165, 1.54) is 6.07 Å². The van der Waals surface area contributed by atoms with E-state index in [0.29, 0.717) is 0 Å². The van der Waals surface area contributed by atoms with Gasteiger partial charge in [-0.25, -0.2) is 9.80 Å². The average Bonchev–Trinajstić information content (AvgIpc) is 2.55. The van der Waals surface area contributed by atoms with Crippen LogP contribution in [0.4, 0.5) is 5.69 Å². The van der Waals surface area contributed by atoms with Crippen molar-refractivity contribution in [1.29, 1.82) is 0 Å². The maximum atomic E-state index is 12.3. The molecule has 0 saturated carbocycles. The number of nitrogens with one attached hydrogen (secondary N) is 1. The number of nitro groups is 1. The highest BCUT2D eigenvalue weighted by molar-refractivity contribution is 5.98. The van der Waals surface area contributed by atoms with Gasteiger partial charge >= 0.3 is 5.97 Å². The lowest BCUT2D eigenvalue weighted by Gasteiger charge is -2.26. The highest BCUT2D eigenvalue weighted by Gasteiger charge is 2.20. The summed E-state index contributed by atoms with van der Waals surface area (Å²) in [6.45, 7) is 3.27. The van der Waals surface area contributed by atoms with E-state index in [-0.39, 0.29) is 23.4 Å². The third-order valence-electron chi connectivity index (χ3n) is 3.52. The fraction of sp³-hybridized carbons (Fsp3) is 0.467. The van der Waals surface area contributed by atoms with Crippen LogP contribution in [0.5, 0.6) is 0 Å². The van der Waals surface area contributed by atoms with Gasteiger partial charge in [-0.1, -0.05) is 6.42 Å². The number of benzene rings is 1. The molecule has 1 aliphatic rings. The number of carbonyl (C=O) groups is 2. The summed E-state index contributed by atoms with van der Waals surface area (Å²) in [6.07, 6.45) is 3.10. The zero-order valence-corrected chi connectivity index (χ0v) is 12.9. The Morgan fingerprint density at radius 1 is 1.22 bits per heavy atom. The van der Waals surface area contributed by atoms with Gasteiger partial charge in [-0.3, -0.25) is 20.3 Å². The van der Waals surface area contributed by atoms with E-state index in [9.17, 15) is 19.7 Å². The van der Waals surface area contributed by atoms with Crippen molar-refractivity contribution in [3.63, 3.8) is 0 Å². The lowest BCUT2D eigenvalue weighted by molar-refractivity contribution is -0.384. The average molecular weight is 321 g/mol. The summed E-state index contributed by atoms with van der Waals surface area (Å²) in [5.74, 6) is -1.16. The molecule has 8 heteroatoms. The Hall–Kier alpha value is -2.48. The molecule has 8 nitrogen and oxygen atoms in total. The maximum Gasteiger partial charge on any atom is 0.338 e. The molecule has 0 aliphatic carbocycles. The summed E-state index contributed by atoms with van der Waals surface area (Å²) in [5.41, 5.74) is 2.45. The number of rotatable bonds is 5. The molecule has 1 aromatic carbocycles. The molecule has 23 heavy (non-hydrogen) atoms. The molecular formula is C15H19N3O5. The number of nitro benzene ring substituents is 1. The van der Waals surface area contributed by atoms with E-state index in [1.54, 1.807) is 11.9 Å². The minimum atomic E-state index is -0.691. The Bertz CT molecular complexity index is 611. The molecule has 1 fully saturated rings. The Balaban J connectivity index is 2.23. The van der Waals surface area contributed by atoms with Crippen LogP contribution in [0.1, 0.15) is 46.9 Å². The molecule has 1 aromatic rings. The quantitative estimate of drug-likeness (QED) is 0.505. The van der Waals surface area contributed by atoms with Crippen LogP contribution in [0.15, 0.2) is 18.2 Å². The fourth-order valence-electron chi connectivity index (χ4n) is 2.39. The third kappa shape index (κ3) is 4.49. The van der Waals surface area contributed by atoms with Crippen LogP contribution >= 0.6 is 0 Å². The van der Waals surface area contributed by atoms with E-state index >= 15 is 0 Å². The molecule has 1 aliphatic heterocycles. The van der Waals surface area contributed by atoms with Crippen LogP contribution in [-0.2, 0) is 4.74 Å². The van der Waals surface area contributed by atoms with E-state index in [2.05, 4.69) is 5.43 Å². The second-order valence-corrected chi connectivity index (χ2v) is 5.23. The molecular weight excluding hydrogens is 302 g/mol. The second kappa shape index (κ2) is 7.68. The third-order valence-corrected chi connectivity index (χ3v) is 3.52. The van der Waals surface area contributed by atoms with Crippen LogP contribution in [0.3, 0.4) is 0 Å². The maximum absolute atomic E-state index is 12.3. The Kier molecular flexibility index (Phi) is 5.64. The van der Waals surface area contributed by atoms with Crippen molar-refractivity contribution < 1.29 is 19.2 Å². The zero-order chi connectivity index (χ0) is 16.8. The monoisotopic (exact) mass is 321 g/mol. The van der Waals surface area contributed by atoms with Crippen molar-refractivity contribution in [2.75, 3.05) is 19.7 Å². The van der Waals surface area contributed by atoms with Crippen LogP contribution in [0.2, 0.25) is 0 Å². The number of piperidine rings is 1. The van der Waals surface area contributed by atoms with Crippen molar-refractivity contribution >= 4 is 17.6 Å². The van der Waals surface area contributed by atoms with Gasteiger partial charge in [0.15, 0.2) is 0 Å². The SMILES string of the molecule is CCOC(=O)c1cc(C(=O)NN2CCCCC2)cc([N+](=O)[O-])c1. The van der Waals surface area contributed by atoms with Gasteiger partial charge in [0.25, 0.3) is 11.6 Å². The summed E-state index contributed by atoms with van der Waals surface area (Å²) in [7, 11) is 0. The summed E-state index contributed by atoms with van der Waals surface area (Å²) < 4.78 is 4.84. The highest BCUT2D eigenvalue weighted by Crippen LogP contribution is 2.18. The number of hydrogen-bond acceptors (Lipinski definition) is 6. The van der Waals surface area contributed by atoms with Gasteiger partial charge in [-0.15, -0.1) is 0 Å². The Morgan fingerprint density at radius 3 is 2.48 bits per heavy atom. The molecule has 1 heterocycles. The number of hydrazine groups is 1. The van der Waals surface area contributed by atoms with Crippen LogP contribution in [-0.4, -0.2) is 41.5 Å². The van der Waals surface area contributed by atoms with Crippen molar-refractivity contribution in [3.8, 4) is 0 Å². The molecule has 0 unspecified atom stereocenters. The topological polar surface area (TPSA) is 102 Å². The zero-order valence-electron chi connectivity index (χ0n) is 12.9. The van der Waals surface area contributed by atoms with E-state index in [4.69, 9.17) is 4.74 Å². The molecule has 1 N–H and O–H groups in total. The molecule has 1 amide bonds. The Labute approximate surface area is 133 Å². The van der Waals surface area contributed by atoms with E-state index in [0.717, 1.165) is 44.5 Å². The first-order chi connectivity index (χ1) is 11.0. The smallest absolute Gasteiger partial charge is 0.338 e. The lowest BCUT2D eigenvalue weighted by atomic mass is 10.1. The van der Waals surface area contributed by atoms with Crippen LogP contribution in [0, 0.1) is 10.1 Å². The molecule has 0 aromatic heterocycles. The number of nitrogens with zero attached hydrogens (tertiary/aromatic N) is 2. The first-order valence-electron chi connectivity index (χ1n) is 7.54. The first kappa shape index (κ1) is 16.9. The van der Waals surface area contributed by atoms with E-state index < -0.39 is 16.8 Å². The summed E-state index contributed by atoms with van der Waals surface area (Å²) in [5, 5.41) is 12.8. The molecule has 0 spiro atoms. The standard InChI is InChI=1S/C15H19N3O5/c1-2-23-15(20)12-8-11(9-13(10-12)18(21)22)14(19)16-17-6-4-3-5-7-17/h8-10H,2-7H2,1H3,(H,16,19). The van der Waals surface area contributed by atoms with Gasteiger partial charge in [-0.2, -0.15) is 0 Å². The molecule has 124 valence electrons. The van der Waals surface area contributed by atoms with Gasteiger partial charge in [0, 0.05) is 30.8 Å². The Morgan fingerprint density at radius 2 is 1.87 bits per heavy atom. The molecule has 0 radical (unpaired) electrons. The minimum absolute atomic E-state index is 0.00940. The van der Waals surface area contributed by atoms with Crippen molar-refractivity contribution in [2.24, 2.45) is 0 Å². The second-order valence-electron chi connectivity index (χ2n) is 5.23. The minimum Gasteiger partial charge on any atom is -0.462 e. The number of amides is 1.